The molecule has 2 saturated carbocycles. The van der Waals surface area contributed by atoms with Crippen molar-refractivity contribution in [3.63, 3.8) is 0 Å². The monoisotopic (exact) mass is 278 g/mol. The van der Waals surface area contributed by atoms with E-state index in [9.17, 15) is 0 Å². The molecule has 2 unspecified atom stereocenters. The number of fused-ring (bicyclic) bond motifs is 1. The molecule has 2 heteroatoms. The van der Waals surface area contributed by atoms with E-state index in [0.717, 1.165) is 17.9 Å². The van der Waals surface area contributed by atoms with Crippen LogP contribution in [0.15, 0.2) is 0 Å². The van der Waals surface area contributed by atoms with Crippen molar-refractivity contribution >= 4 is 0 Å². The molecule has 2 nitrogen and oxygen atoms in total. The lowest BCUT2D eigenvalue weighted by Crippen LogP contribution is -2.45. The molecule has 0 aromatic rings. The van der Waals surface area contributed by atoms with Gasteiger partial charge in [0, 0.05) is 25.7 Å². The van der Waals surface area contributed by atoms with Gasteiger partial charge in [-0.05, 0) is 44.1 Å². The van der Waals surface area contributed by atoms with Crippen LogP contribution in [-0.4, -0.2) is 37.1 Å². The summed E-state index contributed by atoms with van der Waals surface area (Å²) in [6.45, 7) is 5.28. The summed E-state index contributed by atoms with van der Waals surface area (Å²) in [6, 6.07) is 0.824. The first-order valence-corrected chi connectivity index (χ1v) is 9.37. The van der Waals surface area contributed by atoms with E-state index in [4.69, 9.17) is 0 Å². The number of hydrogen-bond donors (Lipinski definition) is 1. The zero-order valence-electron chi connectivity index (χ0n) is 13.3. The first-order chi connectivity index (χ1) is 9.92. The Bertz CT molecular complexity index is 271. The molecule has 1 aliphatic heterocycles. The number of rotatable bonds is 4. The number of likely N-dealkylation sites (tertiary alicyclic amines) is 1. The first kappa shape index (κ1) is 14.8. The molecule has 0 amide bonds. The molecule has 0 spiro atoms. The largest absolute Gasteiger partial charge is 0.313 e. The number of piperidine rings is 1. The Morgan fingerprint density at radius 3 is 2.25 bits per heavy atom. The van der Waals surface area contributed by atoms with E-state index in [-0.39, 0.29) is 0 Å². The zero-order valence-corrected chi connectivity index (χ0v) is 13.3. The maximum atomic E-state index is 3.84. The fraction of sp³-hybridized carbons (Fsp3) is 1.00. The quantitative estimate of drug-likeness (QED) is 0.787. The van der Waals surface area contributed by atoms with Crippen LogP contribution in [0.2, 0.25) is 0 Å². The highest BCUT2D eigenvalue weighted by molar-refractivity contribution is 4.84. The van der Waals surface area contributed by atoms with Crippen molar-refractivity contribution in [1.82, 2.24) is 10.2 Å². The van der Waals surface area contributed by atoms with Gasteiger partial charge in [0.15, 0.2) is 0 Å². The molecule has 116 valence electrons. The van der Waals surface area contributed by atoms with Crippen LogP contribution in [0.5, 0.6) is 0 Å². The Labute approximate surface area is 125 Å². The second kappa shape index (κ2) is 7.79. The van der Waals surface area contributed by atoms with Crippen LogP contribution in [0.1, 0.15) is 70.6 Å². The lowest BCUT2D eigenvalue weighted by Gasteiger charge is -2.41. The van der Waals surface area contributed by atoms with Crippen LogP contribution >= 0.6 is 0 Å². The summed E-state index contributed by atoms with van der Waals surface area (Å²) in [5, 5.41) is 3.84. The van der Waals surface area contributed by atoms with Gasteiger partial charge >= 0.3 is 0 Å². The van der Waals surface area contributed by atoms with Crippen LogP contribution < -0.4 is 5.32 Å². The molecular weight excluding hydrogens is 244 g/mol. The first-order valence-electron chi connectivity index (χ1n) is 9.37. The highest BCUT2D eigenvalue weighted by Crippen LogP contribution is 2.35. The summed E-state index contributed by atoms with van der Waals surface area (Å²) in [6.07, 6.45) is 16.2. The van der Waals surface area contributed by atoms with Gasteiger partial charge in [0.25, 0.3) is 0 Å². The van der Waals surface area contributed by atoms with Crippen LogP contribution in [0, 0.1) is 11.8 Å². The third-order valence-electron chi connectivity index (χ3n) is 6.09. The third-order valence-corrected chi connectivity index (χ3v) is 6.09. The molecule has 2 aliphatic carbocycles. The van der Waals surface area contributed by atoms with Crippen molar-refractivity contribution in [3.05, 3.63) is 0 Å². The Kier molecular flexibility index (Phi) is 5.78. The summed E-state index contributed by atoms with van der Waals surface area (Å²) in [5.41, 5.74) is 0. The molecule has 3 aliphatic rings. The predicted octanol–water partition coefficient (Wildman–Crippen LogP) is 3.81. The molecule has 3 fully saturated rings. The van der Waals surface area contributed by atoms with E-state index in [1.165, 1.54) is 96.8 Å². The molecule has 3 rings (SSSR count). The summed E-state index contributed by atoms with van der Waals surface area (Å²) < 4.78 is 0. The summed E-state index contributed by atoms with van der Waals surface area (Å²) in [7, 11) is 0. The van der Waals surface area contributed by atoms with Gasteiger partial charge in [0.1, 0.15) is 0 Å². The number of nitrogens with zero attached hydrogens (tertiary/aromatic N) is 1. The third kappa shape index (κ3) is 4.21. The fourth-order valence-electron chi connectivity index (χ4n) is 4.79. The lowest BCUT2D eigenvalue weighted by atomic mass is 9.75. The van der Waals surface area contributed by atoms with Gasteiger partial charge in [-0.15, -0.1) is 0 Å². The van der Waals surface area contributed by atoms with Crippen molar-refractivity contribution in [2.75, 3.05) is 26.2 Å². The minimum Gasteiger partial charge on any atom is -0.313 e. The molecule has 1 N–H and O–H groups in total. The average Bonchev–Trinajstić information content (AvgIpc) is 2.76. The topological polar surface area (TPSA) is 15.3 Å². The van der Waals surface area contributed by atoms with E-state index >= 15 is 0 Å². The molecule has 2 atom stereocenters. The normalized spacial score (nSPS) is 33.6. The van der Waals surface area contributed by atoms with Crippen LogP contribution in [0.3, 0.4) is 0 Å². The van der Waals surface area contributed by atoms with E-state index in [1.54, 1.807) is 0 Å². The highest BCUT2D eigenvalue weighted by Gasteiger charge is 2.30. The van der Waals surface area contributed by atoms with Gasteiger partial charge in [-0.25, -0.2) is 0 Å². The Morgan fingerprint density at radius 1 is 0.750 bits per heavy atom. The van der Waals surface area contributed by atoms with Gasteiger partial charge in [-0.3, -0.25) is 0 Å². The van der Waals surface area contributed by atoms with Gasteiger partial charge in [0.05, 0.1) is 0 Å². The van der Waals surface area contributed by atoms with Crippen molar-refractivity contribution in [2.45, 2.75) is 76.7 Å². The maximum absolute atomic E-state index is 3.84. The molecule has 0 aromatic heterocycles. The second-order valence-electron chi connectivity index (χ2n) is 7.54. The van der Waals surface area contributed by atoms with Gasteiger partial charge in [-0.1, -0.05) is 44.9 Å². The van der Waals surface area contributed by atoms with Crippen LogP contribution in [0.4, 0.5) is 0 Å². The zero-order chi connectivity index (χ0) is 13.6. The van der Waals surface area contributed by atoms with E-state index in [1.807, 2.05) is 0 Å². The molecule has 1 heterocycles. The van der Waals surface area contributed by atoms with Gasteiger partial charge in [-0.2, -0.15) is 0 Å². The van der Waals surface area contributed by atoms with Crippen molar-refractivity contribution in [2.24, 2.45) is 11.8 Å². The highest BCUT2D eigenvalue weighted by atomic mass is 15.1. The van der Waals surface area contributed by atoms with Crippen LogP contribution in [-0.2, 0) is 0 Å². The number of hydrogen-bond acceptors (Lipinski definition) is 2. The minimum atomic E-state index is 0.824. The fourth-order valence-corrected chi connectivity index (χ4v) is 4.79. The molecular formula is C18H34N2. The summed E-state index contributed by atoms with van der Waals surface area (Å²) in [5.74, 6) is 2.12. The predicted molar refractivity (Wildman–Crippen MR) is 86.0 cm³/mol. The smallest absolute Gasteiger partial charge is 0.0107 e. The van der Waals surface area contributed by atoms with E-state index in [2.05, 4.69) is 10.2 Å². The molecule has 1 saturated heterocycles. The van der Waals surface area contributed by atoms with Crippen molar-refractivity contribution in [3.8, 4) is 0 Å². The Balaban J connectivity index is 1.34. The summed E-state index contributed by atoms with van der Waals surface area (Å²) >= 11 is 0. The van der Waals surface area contributed by atoms with Gasteiger partial charge in [0.2, 0.25) is 0 Å². The van der Waals surface area contributed by atoms with E-state index in [0.29, 0.717) is 0 Å². The molecule has 20 heavy (non-hydrogen) atoms. The Morgan fingerprint density at radius 2 is 1.45 bits per heavy atom. The second-order valence-corrected chi connectivity index (χ2v) is 7.54. The number of nitrogens with one attached hydrogen (secondary N) is 1. The standard InChI is InChI=1S/C18H34N2/c1-2-4-10-18(9-3-1)19-12-14-20-13-11-16-7-5-6-8-17(16)15-20/h16-19H,1-15H2. The van der Waals surface area contributed by atoms with Crippen LogP contribution in [0.25, 0.3) is 0 Å². The van der Waals surface area contributed by atoms with Crippen molar-refractivity contribution in [1.29, 1.82) is 0 Å². The Hall–Kier alpha value is -0.0800. The average molecular weight is 278 g/mol. The molecule has 0 radical (unpaired) electrons. The SMILES string of the molecule is C1CCCC(NCCN2CCC3CCCCC3C2)CC1. The lowest BCUT2D eigenvalue weighted by molar-refractivity contribution is 0.0869. The van der Waals surface area contributed by atoms with E-state index < -0.39 is 0 Å². The summed E-state index contributed by atoms with van der Waals surface area (Å²) in [4.78, 5) is 2.75. The van der Waals surface area contributed by atoms with Gasteiger partial charge < -0.3 is 10.2 Å². The molecule has 0 bridgehead atoms. The molecule has 0 aromatic carbocycles. The maximum Gasteiger partial charge on any atom is 0.0107 e. The van der Waals surface area contributed by atoms with Crippen molar-refractivity contribution < 1.29 is 0 Å². The minimum absolute atomic E-state index is 0.824.